The third-order valence-electron chi connectivity index (χ3n) is 2.56. The molecule has 0 radical (unpaired) electrons. The fourth-order valence-corrected chi connectivity index (χ4v) is 2.31. The van der Waals surface area contributed by atoms with Crippen LogP contribution in [0.3, 0.4) is 0 Å². The van der Waals surface area contributed by atoms with Crippen molar-refractivity contribution in [1.29, 1.82) is 0 Å². The molecule has 0 fully saturated rings. The largest absolute Gasteiger partial charge is 0.448 e. The summed E-state index contributed by atoms with van der Waals surface area (Å²) < 4.78 is 19.1. The summed E-state index contributed by atoms with van der Waals surface area (Å²) in [4.78, 5) is 0. The Bertz CT molecular complexity index is 544. The van der Waals surface area contributed by atoms with Crippen molar-refractivity contribution in [2.24, 2.45) is 0 Å². The van der Waals surface area contributed by atoms with Gasteiger partial charge in [-0.05, 0) is 63.9 Å². The molecule has 2 aromatic rings. The first-order chi connectivity index (χ1) is 8.61. The van der Waals surface area contributed by atoms with Crippen LogP contribution in [-0.2, 0) is 0 Å². The SMILES string of the molecule is CCNC(c1ccc(F)c(Br)c1)c1ccc(Cl)o1. The van der Waals surface area contributed by atoms with Crippen LogP contribution in [-0.4, -0.2) is 6.54 Å². The van der Waals surface area contributed by atoms with E-state index in [1.165, 1.54) is 6.07 Å². The molecule has 1 N–H and O–H groups in total. The molecule has 96 valence electrons. The molecule has 18 heavy (non-hydrogen) atoms. The molecule has 0 aliphatic heterocycles. The number of hydrogen-bond acceptors (Lipinski definition) is 2. The van der Waals surface area contributed by atoms with Crippen LogP contribution in [0.15, 0.2) is 39.2 Å². The van der Waals surface area contributed by atoms with E-state index in [2.05, 4.69) is 21.2 Å². The van der Waals surface area contributed by atoms with Crippen LogP contribution in [0.25, 0.3) is 0 Å². The Balaban J connectivity index is 2.37. The third kappa shape index (κ3) is 2.94. The molecule has 2 nitrogen and oxygen atoms in total. The van der Waals surface area contributed by atoms with Crippen LogP contribution in [0, 0.1) is 5.82 Å². The number of rotatable bonds is 4. The van der Waals surface area contributed by atoms with Crippen molar-refractivity contribution in [1.82, 2.24) is 5.32 Å². The van der Waals surface area contributed by atoms with Gasteiger partial charge in [-0.1, -0.05) is 13.0 Å². The second kappa shape index (κ2) is 5.87. The van der Waals surface area contributed by atoms with Crippen LogP contribution >= 0.6 is 27.5 Å². The normalized spacial score (nSPS) is 12.7. The van der Waals surface area contributed by atoms with E-state index in [9.17, 15) is 4.39 Å². The van der Waals surface area contributed by atoms with Gasteiger partial charge in [-0.15, -0.1) is 0 Å². The standard InChI is InChI=1S/C13H12BrClFNO/c1-2-17-13(11-5-6-12(15)18-11)8-3-4-10(16)9(14)7-8/h3-7,13,17H,2H2,1H3. The summed E-state index contributed by atoms with van der Waals surface area (Å²) in [5.74, 6) is 0.423. The topological polar surface area (TPSA) is 25.2 Å². The molecule has 0 saturated carbocycles. The molecule has 1 aromatic heterocycles. The zero-order valence-corrected chi connectivity index (χ0v) is 12.1. The van der Waals surface area contributed by atoms with Crippen LogP contribution in [0.5, 0.6) is 0 Å². The number of furan rings is 1. The summed E-state index contributed by atoms with van der Waals surface area (Å²) in [7, 11) is 0. The van der Waals surface area contributed by atoms with E-state index in [0.29, 0.717) is 15.5 Å². The Kier molecular flexibility index (Phi) is 4.43. The highest BCUT2D eigenvalue weighted by atomic mass is 79.9. The van der Waals surface area contributed by atoms with Gasteiger partial charge in [-0.3, -0.25) is 0 Å². The van der Waals surface area contributed by atoms with Gasteiger partial charge in [0, 0.05) is 0 Å². The van der Waals surface area contributed by atoms with Crippen LogP contribution in [0.4, 0.5) is 4.39 Å². The Labute approximate surface area is 118 Å². The van der Waals surface area contributed by atoms with Gasteiger partial charge in [0.1, 0.15) is 11.6 Å². The molecule has 1 unspecified atom stereocenters. The second-order valence-electron chi connectivity index (χ2n) is 3.81. The molecule has 0 spiro atoms. The Morgan fingerprint density at radius 1 is 1.39 bits per heavy atom. The van der Waals surface area contributed by atoms with E-state index >= 15 is 0 Å². The average Bonchev–Trinajstić information content (AvgIpc) is 2.76. The maximum Gasteiger partial charge on any atom is 0.193 e. The van der Waals surface area contributed by atoms with Gasteiger partial charge in [-0.25, -0.2) is 4.39 Å². The minimum absolute atomic E-state index is 0.139. The summed E-state index contributed by atoms with van der Waals surface area (Å²) in [5, 5.41) is 3.62. The van der Waals surface area contributed by atoms with E-state index in [4.69, 9.17) is 16.0 Å². The second-order valence-corrected chi connectivity index (χ2v) is 5.03. The van der Waals surface area contributed by atoms with E-state index in [1.54, 1.807) is 18.2 Å². The van der Waals surface area contributed by atoms with Crippen molar-refractivity contribution in [3.63, 3.8) is 0 Å². The van der Waals surface area contributed by atoms with E-state index < -0.39 is 0 Å². The van der Waals surface area contributed by atoms with Crippen LogP contribution in [0.1, 0.15) is 24.3 Å². The van der Waals surface area contributed by atoms with Crippen molar-refractivity contribution < 1.29 is 8.81 Å². The fourth-order valence-electron chi connectivity index (χ4n) is 1.76. The summed E-state index contributed by atoms with van der Waals surface area (Å²) >= 11 is 8.97. The molecule has 1 aromatic carbocycles. The highest BCUT2D eigenvalue weighted by Crippen LogP contribution is 2.28. The smallest absolute Gasteiger partial charge is 0.193 e. The van der Waals surface area contributed by atoms with Gasteiger partial charge in [0.05, 0.1) is 10.5 Å². The molecular weight excluding hydrogens is 321 g/mol. The Morgan fingerprint density at radius 3 is 2.72 bits per heavy atom. The fraction of sp³-hybridized carbons (Fsp3) is 0.231. The van der Waals surface area contributed by atoms with Crippen molar-refractivity contribution >= 4 is 27.5 Å². The van der Waals surface area contributed by atoms with Gasteiger partial charge in [0.25, 0.3) is 0 Å². The molecule has 0 bridgehead atoms. The number of halogens is 3. The minimum Gasteiger partial charge on any atom is -0.448 e. The molecule has 1 heterocycles. The van der Waals surface area contributed by atoms with Gasteiger partial charge in [0.15, 0.2) is 5.22 Å². The average molecular weight is 333 g/mol. The molecule has 0 aliphatic carbocycles. The predicted octanol–water partition coefficient (Wildman–Crippen LogP) is 4.53. The first kappa shape index (κ1) is 13.6. The van der Waals surface area contributed by atoms with Gasteiger partial charge in [0.2, 0.25) is 0 Å². The molecule has 2 rings (SSSR count). The monoisotopic (exact) mass is 331 g/mol. The van der Waals surface area contributed by atoms with Crippen LogP contribution in [0.2, 0.25) is 5.22 Å². The molecule has 5 heteroatoms. The lowest BCUT2D eigenvalue weighted by Crippen LogP contribution is -2.21. The molecule has 1 atom stereocenters. The summed E-state index contributed by atoms with van der Waals surface area (Å²) in [5.41, 5.74) is 0.913. The number of hydrogen-bond donors (Lipinski definition) is 1. The minimum atomic E-state index is -0.286. The number of benzene rings is 1. The Morgan fingerprint density at radius 2 is 2.17 bits per heavy atom. The lowest BCUT2D eigenvalue weighted by Gasteiger charge is -2.16. The quantitative estimate of drug-likeness (QED) is 0.889. The first-order valence-electron chi connectivity index (χ1n) is 5.55. The highest BCUT2D eigenvalue weighted by Gasteiger charge is 2.17. The highest BCUT2D eigenvalue weighted by molar-refractivity contribution is 9.10. The zero-order chi connectivity index (χ0) is 13.1. The van der Waals surface area contributed by atoms with Gasteiger partial charge >= 0.3 is 0 Å². The van der Waals surface area contributed by atoms with Gasteiger partial charge in [-0.2, -0.15) is 0 Å². The van der Waals surface area contributed by atoms with Crippen molar-refractivity contribution in [2.75, 3.05) is 6.54 Å². The summed E-state index contributed by atoms with van der Waals surface area (Å²) in [6.45, 7) is 2.76. The van der Waals surface area contributed by atoms with Crippen LogP contribution < -0.4 is 5.32 Å². The summed E-state index contributed by atoms with van der Waals surface area (Å²) in [6.07, 6.45) is 0. The Hall–Kier alpha value is -0.840. The van der Waals surface area contributed by atoms with E-state index in [-0.39, 0.29) is 11.9 Å². The maximum absolute atomic E-state index is 13.2. The van der Waals surface area contributed by atoms with Gasteiger partial charge < -0.3 is 9.73 Å². The lowest BCUT2D eigenvalue weighted by molar-refractivity contribution is 0.453. The number of nitrogens with one attached hydrogen (secondary N) is 1. The zero-order valence-electron chi connectivity index (χ0n) is 9.71. The van der Waals surface area contributed by atoms with E-state index in [0.717, 1.165) is 12.1 Å². The van der Waals surface area contributed by atoms with Crippen molar-refractivity contribution in [3.8, 4) is 0 Å². The summed E-state index contributed by atoms with van der Waals surface area (Å²) in [6, 6.07) is 8.25. The van der Waals surface area contributed by atoms with Crippen molar-refractivity contribution in [2.45, 2.75) is 13.0 Å². The maximum atomic E-state index is 13.2. The van der Waals surface area contributed by atoms with Crippen molar-refractivity contribution in [3.05, 3.63) is 57.2 Å². The van der Waals surface area contributed by atoms with E-state index in [1.807, 2.05) is 13.0 Å². The molecule has 0 aliphatic rings. The third-order valence-corrected chi connectivity index (χ3v) is 3.37. The lowest BCUT2D eigenvalue weighted by atomic mass is 10.0. The molecule has 0 amide bonds. The molecular formula is C13H12BrClFNO. The molecule has 0 saturated heterocycles. The first-order valence-corrected chi connectivity index (χ1v) is 6.72. The predicted molar refractivity (Wildman–Crippen MR) is 73.3 cm³/mol.